The lowest BCUT2D eigenvalue weighted by molar-refractivity contribution is 0.274. The monoisotopic (exact) mass is 261 g/mol. The minimum absolute atomic E-state index is 0.0951. The molecule has 0 saturated heterocycles. The number of hydrogen-bond donors (Lipinski definition) is 1. The van der Waals surface area contributed by atoms with Crippen molar-refractivity contribution in [2.24, 2.45) is 0 Å². The van der Waals surface area contributed by atoms with Gasteiger partial charge in [0.05, 0.1) is 6.61 Å². The first kappa shape index (κ1) is 13.0. The molecule has 0 spiro atoms. The Hall–Kier alpha value is -2.45. The van der Waals surface area contributed by atoms with E-state index >= 15 is 0 Å². The Kier molecular flexibility index (Phi) is 3.74. The van der Waals surface area contributed by atoms with E-state index in [2.05, 4.69) is 0 Å². The molecule has 0 unspecified atom stereocenters. The Morgan fingerprint density at radius 2 is 1.79 bits per heavy atom. The fourth-order valence-corrected chi connectivity index (χ4v) is 1.60. The number of hydrogen-bond acceptors (Lipinski definition) is 3. The summed E-state index contributed by atoms with van der Waals surface area (Å²) in [6.45, 7) is -0.426. The molecule has 0 aliphatic rings. The van der Waals surface area contributed by atoms with Gasteiger partial charge in [-0.25, -0.2) is 8.78 Å². The Labute approximate surface area is 108 Å². The molecule has 0 aliphatic heterocycles. The largest absolute Gasteiger partial charge is 0.452 e. The van der Waals surface area contributed by atoms with E-state index in [1.54, 1.807) is 6.07 Å². The van der Waals surface area contributed by atoms with Gasteiger partial charge in [-0.2, -0.15) is 5.26 Å². The number of rotatable bonds is 3. The highest BCUT2D eigenvalue weighted by Crippen LogP contribution is 2.31. The number of aliphatic hydroxyl groups excluding tert-OH is 1. The normalized spacial score (nSPS) is 10.0. The van der Waals surface area contributed by atoms with Crippen LogP contribution in [0.15, 0.2) is 36.4 Å². The lowest BCUT2D eigenvalue weighted by atomic mass is 10.2. The summed E-state index contributed by atoms with van der Waals surface area (Å²) in [5.74, 6) is -1.75. The van der Waals surface area contributed by atoms with Gasteiger partial charge in [-0.15, -0.1) is 0 Å². The number of aliphatic hydroxyl groups is 1. The predicted molar refractivity (Wildman–Crippen MR) is 63.5 cm³/mol. The van der Waals surface area contributed by atoms with Gasteiger partial charge < -0.3 is 9.84 Å². The van der Waals surface area contributed by atoms with Crippen molar-refractivity contribution in [2.75, 3.05) is 0 Å². The van der Waals surface area contributed by atoms with Crippen LogP contribution < -0.4 is 4.74 Å². The van der Waals surface area contributed by atoms with Crippen molar-refractivity contribution in [1.82, 2.24) is 0 Å². The summed E-state index contributed by atoms with van der Waals surface area (Å²) >= 11 is 0. The van der Waals surface area contributed by atoms with Crippen LogP contribution in [0.5, 0.6) is 11.5 Å². The standard InChI is InChI=1S/C14H9F2NO2/c15-11-4-2-6-13(10(11)7-17)19-14-9(8-18)3-1-5-12(14)16/h1-6,18H,8H2. The lowest BCUT2D eigenvalue weighted by Crippen LogP contribution is -1.97. The molecule has 0 atom stereocenters. The minimum Gasteiger partial charge on any atom is -0.452 e. The second kappa shape index (κ2) is 5.46. The summed E-state index contributed by atoms with van der Waals surface area (Å²) in [7, 11) is 0. The molecule has 2 aromatic rings. The third kappa shape index (κ3) is 2.54. The van der Waals surface area contributed by atoms with Gasteiger partial charge in [-0.05, 0) is 18.2 Å². The summed E-state index contributed by atoms with van der Waals surface area (Å²) in [6, 6.07) is 9.53. The van der Waals surface area contributed by atoms with Crippen molar-refractivity contribution in [3.63, 3.8) is 0 Å². The van der Waals surface area contributed by atoms with Gasteiger partial charge in [0, 0.05) is 5.56 Å². The first-order valence-corrected chi connectivity index (χ1v) is 5.42. The average molecular weight is 261 g/mol. The van der Waals surface area contributed by atoms with Gasteiger partial charge in [-0.1, -0.05) is 18.2 Å². The van der Waals surface area contributed by atoms with Gasteiger partial charge in [0.25, 0.3) is 0 Å². The van der Waals surface area contributed by atoms with E-state index in [4.69, 9.17) is 15.1 Å². The van der Waals surface area contributed by atoms with Gasteiger partial charge in [0.1, 0.15) is 23.2 Å². The summed E-state index contributed by atoms with van der Waals surface area (Å²) in [5, 5.41) is 18.0. The molecule has 0 aromatic heterocycles. The molecule has 0 radical (unpaired) electrons. The van der Waals surface area contributed by atoms with E-state index < -0.39 is 18.2 Å². The third-order valence-electron chi connectivity index (χ3n) is 2.52. The van der Waals surface area contributed by atoms with Crippen LogP contribution in [0.3, 0.4) is 0 Å². The van der Waals surface area contributed by atoms with E-state index in [0.29, 0.717) is 0 Å². The smallest absolute Gasteiger partial charge is 0.168 e. The molecule has 2 rings (SSSR count). The van der Waals surface area contributed by atoms with E-state index in [0.717, 1.165) is 12.1 Å². The number of nitrogens with zero attached hydrogens (tertiary/aromatic N) is 1. The highest BCUT2D eigenvalue weighted by Gasteiger charge is 2.14. The third-order valence-corrected chi connectivity index (χ3v) is 2.52. The van der Waals surface area contributed by atoms with Crippen LogP contribution in [0.2, 0.25) is 0 Å². The maximum atomic E-state index is 13.6. The van der Waals surface area contributed by atoms with Gasteiger partial charge >= 0.3 is 0 Å². The van der Waals surface area contributed by atoms with Crippen LogP contribution in [-0.4, -0.2) is 5.11 Å². The molecular formula is C14H9F2NO2. The number of ether oxygens (including phenoxy) is 1. The lowest BCUT2D eigenvalue weighted by Gasteiger charge is -2.11. The zero-order chi connectivity index (χ0) is 13.8. The quantitative estimate of drug-likeness (QED) is 0.923. The van der Waals surface area contributed by atoms with Crippen LogP contribution in [0.25, 0.3) is 0 Å². The van der Waals surface area contributed by atoms with Crippen LogP contribution in [0.1, 0.15) is 11.1 Å². The molecule has 0 saturated carbocycles. The van der Waals surface area contributed by atoms with Crippen LogP contribution in [0.4, 0.5) is 8.78 Å². The number of benzene rings is 2. The minimum atomic E-state index is -0.748. The molecule has 1 N–H and O–H groups in total. The van der Waals surface area contributed by atoms with Crippen molar-refractivity contribution in [3.05, 3.63) is 59.2 Å². The Morgan fingerprint density at radius 1 is 1.11 bits per heavy atom. The Morgan fingerprint density at radius 3 is 2.47 bits per heavy atom. The fourth-order valence-electron chi connectivity index (χ4n) is 1.60. The Bertz CT molecular complexity index is 650. The van der Waals surface area contributed by atoms with Crippen molar-refractivity contribution >= 4 is 0 Å². The van der Waals surface area contributed by atoms with E-state index in [1.165, 1.54) is 24.3 Å². The number of nitriles is 1. The van der Waals surface area contributed by atoms with Crippen molar-refractivity contribution in [2.45, 2.75) is 6.61 Å². The molecule has 19 heavy (non-hydrogen) atoms. The fraction of sp³-hybridized carbons (Fsp3) is 0.0714. The zero-order valence-corrected chi connectivity index (χ0v) is 9.73. The first-order valence-electron chi connectivity index (χ1n) is 5.42. The van der Waals surface area contributed by atoms with Gasteiger partial charge in [-0.3, -0.25) is 0 Å². The summed E-state index contributed by atoms with van der Waals surface area (Å²) < 4.78 is 32.3. The molecule has 0 bridgehead atoms. The van der Waals surface area contributed by atoms with Crippen molar-refractivity contribution in [1.29, 1.82) is 5.26 Å². The van der Waals surface area contributed by atoms with E-state index in [9.17, 15) is 8.78 Å². The Balaban J connectivity index is 2.48. The maximum absolute atomic E-state index is 13.6. The molecule has 3 nitrogen and oxygen atoms in total. The molecule has 96 valence electrons. The highest BCUT2D eigenvalue weighted by atomic mass is 19.1. The van der Waals surface area contributed by atoms with Gasteiger partial charge in [0.2, 0.25) is 0 Å². The van der Waals surface area contributed by atoms with Crippen LogP contribution >= 0.6 is 0 Å². The van der Waals surface area contributed by atoms with Gasteiger partial charge in [0.15, 0.2) is 11.6 Å². The van der Waals surface area contributed by atoms with E-state index in [-0.39, 0.29) is 22.6 Å². The summed E-state index contributed by atoms with van der Waals surface area (Å²) in [6.07, 6.45) is 0. The molecule has 0 amide bonds. The second-order valence-corrected chi connectivity index (χ2v) is 3.71. The molecule has 0 fully saturated rings. The van der Waals surface area contributed by atoms with Crippen molar-refractivity contribution < 1.29 is 18.6 Å². The first-order chi connectivity index (χ1) is 9.17. The highest BCUT2D eigenvalue weighted by molar-refractivity contribution is 5.47. The molecule has 5 heteroatoms. The molecule has 0 aliphatic carbocycles. The van der Waals surface area contributed by atoms with Crippen LogP contribution in [0, 0.1) is 23.0 Å². The molecule has 0 heterocycles. The topological polar surface area (TPSA) is 53.2 Å². The predicted octanol–water partition coefficient (Wildman–Crippen LogP) is 3.12. The number of para-hydroxylation sites is 1. The maximum Gasteiger partial charge on any atom is 0.168 e. The number of halogens is 2. The van der Waals surface area contributed by atoms with Crippen LogP contribution in [-0.2, 0) is 6.61 Å². The zero-order valence-electron chi connectivity index (χ0n) is 9.73. The van der Waals surface area contributed by atoms with E-state index in [1.807, 2.05) is 0 Å². The van der Waals surface area contributed by atoms with Crippen molar-refractivity contribution in [3.8, 4) is 17.6 Å². The average Bonchev–Trinajstić information content (AvgIpc) is 2.41. The summed E-state index contributed by atoms with van der Waals surface area (Å²) in [5.41, 5.74) is -0.0946. The second-order valence-electron chi connectivity index (χ2n) is 3.71. The molecular weight excluding hydrogens is 252 g/mol. The SMILES string of the molecule is N#Cc1c(F)cccc1Oc1c(F)cccc1CO. The molecule has 2 aromatic carbocycles. The summed E-state index contributed by atoms with van der Waals surface area (Å²) in [4.78, 5) is 0.